The first-order chi connectivity index (χ1) is 5.81. The summed E-state index contributed by atoms with van der Waals surface area (Å²) < 4.78 is 1.76. The standard InChI is InChI=1S/C9H9BN2/c1-2-7-6-8-4-3-5-9(10)12(8)11-7/h3-6H,2H2,1H3. The van der Waals surface area contributed by atoms with Crippen LogP contribution in [-0.4, -0.2) is 17.5 Å². The summed E-state index contributed by atoms with van der Waals surface area (Å²) in [4.78, 5) is 0. The van der Waals surface area contributed by atoms with Crippen molar-refractivity contribution in [3.05, 3.63) is 30.0 Å². The lowest BCUT2D eigenvalue weighted by Gasteiger charge is -1.96. The molecule has 0 saturated heterocycles. The molecule has 12 heavy (non-hydrogen) atoms. The van der Waals surface area contributed by atoms with Crippen LogP contribution in [0.15, 0.2) is 24.3 Å². The Morgan fingerprint density at radius 1 is 1.50 bits per heavy atom. The summed E-state index contributed by atoms with van der Waals surface area (Å²) in [6.45, 7) is 2.08. The van der Waals surface area contributed by atoms with E-state index in [9.17, 15) is 0 Å². The van der Waals surface area contributed by atoms with Gasteiger partial charge in [0.2, 0.25) is 0 Å². The number of hydrogen-bond donors (Lipinski definition) is 0. The Morgan fingerprint density at radius 2 is 2.33 bits per heavy atom. The molecule has 0 aliphatic heterocycles. The molecule has 0 N–H and O–H groups in total. The molecule has 2 radical (unpaired) electrons. The molecule has 58 valence electrons. The topological polar surface area (TPSA) is 17.3 Å². The summed E-state index contributed by atoms with van der Waals surface area (Å²) in [5.41, 5.74) is 2.83. The molecule has 2 nitrogen and oxygen atoms in total. The third kappa shape index (κ3) is 1.02. The zero-order chi connectivity index (χ0) is 8.55. The molecular formula is C9H9BN2. The molecular weight excluding hydrogens is 147 g/mol. The lowest BCUT2D eigenvalue weighted by atomic mass is 10.0. The first-order valence-electron chi connectivity index (χ1n) is 4.04. The van der Waals surface area contributed by atoms with E-state index in [1.807, 2.05) is 18.2 Å². The van der Waals surface area contributed by atoms with E-state index < -0.39 is 0 Å². The maximum atomic E-state index is 5.72. The Labute approximate surface area is 72.6 Å². The van der Waals surface area contributed by atoms with E-state index in [2.05, 4.69) is 18.1 Å². The average molecular weight is 156 g/mol. The third-order valence-corrected chi connectivity index (χ3v) is 1.93. The monoisotopic (exact) mass is 156 g/mol. The fourth-order valence-corrected chi connectivity index (χ4v) is 1.26. The molecule has 0 saturated carbocycles. The number of rotatable bonds is 1. The number of nitrogens with zero attached hydrogens (tertiary/aromatic N) is 2. The summed E-state index contributed by atoms with van der Waals surface area (Å²) in [6, 6.07) is 7.84. The number of aromatic nitrogens is 2. The van der Waals surface area contributed by atoms with Gasteiger partial charge in [0.05, 0.1) is 11.2 Å². The molecule has 0 spiro atoms. The van der Waals surface area contributed by atoms with Crippen LogP contribution in [0.2, 0.25) is 0 Å². The van der Waals surface area contributed by atoms with Crippen LogP contribution in [0.4, 0.5) is 0 Å². The largest absolute Gasteiger partial charge is 0.248 e. The zero-order valence-electron chi connectivity index (χ0n) is 6.99. The summed E-state index contributed by atoms with van der Waals surface area (Å²) in [6.07, 6.45) is 0.946. The Balaban J connectivity index is 2.74. The Bertz CT molecular complexity index is 406. The predicted molar refractivity (Wildman–Crippen MR) is 50.0 cm³/mol. The maximum absolute atomic E-state index is 5.72. The van der Waals surface area contributed by atoms with Gasteiger partial charge in [0.25, 0.3) is 0 Å². The van der Waals surface area contributed by atoms with Gasteiger partial charge in [-0.2, -0.15) is 5.10 Å². The van der Waals surface area contributed by atoms with Crippen molar-refractivity contribution in [1.82, 2.24) is 9.61 Å². The smallest absolute Gasteiger partial charge is 0.141 e. The van der Waals surface area contributed by atoms with Crippen molar-refractivity contribution in [3.8, 4) is 0 Å². The van der Waals surface area contributed by atoms with Crippen LogP contribution in [0, 0.1) is 0 Å². The lowest BCUT2D eigenvalue weighted by molar-refractivity contribution is 0.917. The molecule has 0 bridgehead atoms. The second kappa shape index (κ2) is 2.66. The number of pyridine rings is 1. The van der Waals surface area contributed by atoms with E-state index in [1.165, 1.54) is 0 Å². The van der Waals surface area contributed by atoms with Gasteiger partial charge in [-0.25, -0.2) is 4.52 Å². The minimum atomic E-state index is 0.687. The molecule has 2 aromatic heterocycles. The Hall–Kier alpha value is -1.25. The first kappa shape index (κ1) is 7.41. The summed E-state index contributed by atoms with van der Waals surface area (Å²) in [5, 5.41) is 4.32. The maximum Gasteiger partial charge on any atom is 0.141 e. The number of hydrogen-bond acceptors (Lipinski definition) is 1. The van der Waals surface area contributed by atoms with Crippen LogP contribution in [0.3, 0.4) is 0 Å². The Morgan fingerprint density at radius 3 is 3.00 bits per heavy atom. The van der Waals surface area contributed by atoms with Crippen molar-refractivity contribution in [2.45, 2.75) is 13.3 Å². The number of aryl methyl sites for hydroxylation is 1. The molecule has 0 amide bonds. The van der Waals surface area contributed by atoms with E-state index >= 15 is 0 Å². The van der Waals surface area contributed by atoms with Crippen LogP contribution in [0.25, 0.3) is 5.52 Å². The third-order valence-electron chi connectivity index (χ3n) is 1.93. The summed E-state index contributed by atoms with van der Waals surface area (Å²) in [7, 11) is 5.72. The quantitative estimate of drug-likeness (QED) is 0.555. The van der Waals surface area contributed by atoms with Gasteiger partial charge in [0, 0.05) is 0 Å². The minimum Gasteiger partial charge on any atom is -0.248 e. The van der Waals surface area contributed by atoms with Crippen LogP contribution in [0.1, 0.15) is 12.6 Å². The van der Waals surface area contributed by atoms with Crippen LogP contribution in [-0.2, 0) is 6.42 Å². The molecule has 2 rings (SSSR count). The van der Waals surface area contributed by atoms with Gasteiger partial charge in [-0.05, 0) is 24.1 Å². The van der Waals surface area contributed by atoms with Gasteiger partial charge in [0.1, 0.15) is 7.85 Å². The van der Waals surface area contributed by atoms with Crippen molar-refractivity contribution in [3.63, 3.8) is 0 Å². The second-order valence-corrected chi connectivity index (χ2v) is 2.78. The highest BCUT2D eigenvalue weighted by Crippen LogP contribution is 2.04. The summed E-state index contributed by atoms with van der Waals surface area (Å²) >= 11 is 0. The molecule has 0 aromatic carbocycles. The molecule has 0 aliphatic rings. The molecule has 2 heterocycles. The van der Waals surface area contributed by atoms with Gasteiger partial charge >= 0.3 is 0 Å². The van der Waals surface area contributed by atoms with Gasteiger partial charge in [-0.3, -0.25) is 0 Å². The fraction of sp³-hybridized carbons (Fsp3) is 0.222. The fourth-order valence-electron chi connectivity index (χ4n) is 1.26. The van der Waals surface area contributed by atoms with E-state index in [1.54, 1.807) is 4.52 Å². The van der Waals surface area contributed by atoms with Gasteiger partial charge in [-0.15, -0.1) is 0 Å². The number of fused-ring (bicyclic) bond motifs is 1. The van der Waals surface area contributed by atoms with Crippen LogP contribution in [0.5, 0.6) is 0 Å². The summed E-state index contributed by atoms with van der Waals surface area (Å²) in [5.74, 6) is 0. The Kier molecular flexibility index (Phi) is 1.64. The van der Waals surface area contributed by atoms with E-state index in [-0.39, 0.29) is 0 Å². The predicted octanol–water partition coefficient (Wildman–Crippen LogP) is 0.690. The lowest BCUT2D eigenvalue weighted by Crippen LogP contribution is -2.14. The molecule has 0 atom stereocenters. The van der Waals surface area contributed by atoms with Crippen molar-refractivity contribution in [2.24, 2.45) is 0 Å². The highest BCUT2D eigenvalue weighted by Gasteiger charge is 1.99. The van der Waals surface area contributed by atoms with E-state index in [4.69, 9.17) is 7.85 Å². The SMILES string of the molecule is [B]c1cccc2cc(CC)nn12. The molecule has 0 unspecified atom stereocenters. The molecule has 2 aromatic rings. The van der Waals surface area contributed by atoms with Crippen LogP contribution >= 0.6 is 0 Å². The van der Waals surface area contributed by atoms with Gasteiger partial charge in [0.15, 0.2) is 0 Å². The molecule has 3 heteroatoms. The van der Waals surface area contributed by atoms with Gasteiger partial charge in [-0.1, -0.05) is 19.1 Å². The first-order valence-corrected chi connectivity index (χ1v) is 4.04. The highest BCUT2D eigenvalue weighted by atomic mass is 15.2. The van der Waals surface area contributed by atoms with E-state index in [0.717, 1.165) is 17.6 Å². The zero-order valence-corrected chi connectivity index (χ0v) is 6.99. The normalized spacial score (nSPS) is 10.8. The molecule has 0 fully saturated rings. The highest BCUT2D eigenvalue weighted by molar-refractivity contribution is 6.31. The van der Waals surface area contributed by atoms with Crippen LogP contribution < -0.4 is 5.59 Å². The molecule has 0 aliphatic carbocycles. The average Bonchev–Trinajstić information content (AvgIpc) is 2.49. The van der Waals surface area contributed by atoms with Crippen molar-refractivity contribution in [1.29, 1.82) is 0 Å². The van der Waals surface area contributed by atoms with Crippen molar-refractivity contribution in [2.75, 3.05) is 0 Å². The van der Waals surface area contributed by atoms with Crippen molar-refractivity contribution >= 4 is 19.0 Å². The van der Waals surface area contributed by atoms with Gasteiger partial charge < -0.3 is 0 Å². The minimum absolute atomic E-state index is 0.687. The van der Waals surface area contributed by atoms with E-state index in [0.29, 0.717) is 5.59 Å². The second-order valence-electron chi connectivity index (χ2n) is 2.78. The van der Waals surface area contributed by atoms with Crippen molar-refractivity contribution < 1.29 is 0 Å².